The Labute approximate surface area is 158 Å². The number of nitrogens with zero attached hydrogens (tertiary/aromatic N) is 3. The minimum atomic E-state index is -0.105. The van der Waals surface area contributed by atoms with Crippen molar-refractivity contribution < 1.29 is 9.53 Å². The molecule has 1 aromatic carbocycles. The standard InChI is InChI=1S/C21H24N4O2/c1-3-25-18-7-5-4-6-17(18)15(2)20(25)21(26)23-16-8-9-19(22-14-16)24-10-12-27-13-11-24/h4-9,14H,3,10-13H2,1-2H3,(H,23,26). The van der Waals surface area contributed by atoms with Gasteiger partial charge in [-0.25, -0.2) is 4.98 Å². The number of pyridine rings is 1. The number of para-hydroxylation sites is 1. The summed E-state index contributed by atoms with van der Waals surface area (Å²) in [5, 5.41) is 4.12. The number of rotatable bonds is 4. The van der Waals surface area contributed by atoms with Crippen LogP contribution in [-0.4, -0.2) is 41.8 Å². The SMILES string of the molecule is CCn1c(C(=O)Nc2ccc(N3CCOCC3)nc2)c(C)c2ccccc21. The number of benzene rings is 1. The van der Waals surface area contributed by atoms with Gasteiger partial charge in [0.25, 0.3) is 5.91 Å². The zero-order chi connectivity index (χ0) is 18.8. The van der Waals surface area contributed by atoms with Gasteiger partial charge in [0, 0.05) is 30.5 Å². The number of fused-ring (bicyclic) bond motifs is 1. The molecule has 0 atom stereocenters. The van der Waals surface area contributed by atoms with E-state index < -0.39 is 0 Å². The molecule has 1 fully saturated rings. The van der Waals surface area contributed by atoms with Gasteiger partial charge in [-0.3, -0.25) is 4.79 Å². The number of amides is 1. The molecule has 0 aliphatic carbocycles. The molecule has 3 aromatic rings. The molecule has 0 saturated carbocycles. The van der Waals surface area contributed by atoms with E-state index in [-0.39, 0.29) is 5.91 Å². The molecule has 0 bridgehead atoms. The van der Waals surface area contributed by atoms with Crippen molar-refractivity contribution in [2.24, 2.45) is 0 Å². The summed E-state index contributed by atoms with van der Waals surface area (Å²) in [6, 6.07) is 12.0. The van der Waals surface area contributed by atoms with Crippen molar-refractivity contribution in [3.63, 3.8) is 0 Å². The Morgan fingerprint density at radius 2 is 1.96 bits per heavy atom. The lowest BCUT2D eigenvalue weighted by Crippen LogP contribution is -2.36. The van der Waals surface area contributed by atoms with Gasteiger partial charge in [0.15, 0.2) is 0 Å². The molecule has 6 nitrogen and oxygen atoms in total. The average Bonchev–Trinajstić information content (AvgIpc) is 3.01. The van der Waals surface area contributed by atoms with Crippen LogP contribution in [0.2, 0.25) is 0 Å². The highest BCUT2D eigenvalue weighted by atomic mass is 16.5. The molecule has 1 N–H and O–H groups in total. The molecular weight excluding hydrogens is 340 g/mol. The number of hydrogen-bond acceptors (Lipinski definition) is 4. The number of carbonyl (C=O) groups excluding carboxylic acids is 1. The van der Waals surface area contributed by atoms with Crippen LogP contribution in [0.15, 0.2) is 42.6 Å². The fourth-order valence-electron chi connectivity index (χ4n) is 3.73. The highest BCUT2D eigenvalue weighted by molar-refractivity contribution is 6.08. The number of ether oxygens (including phenoxy) is 1. The Hall–Kier alpha value is -2.86. The number of aryl methyl sites for hydroxylation is 2. The molecule has 140 valence electrons. The van der Waals surface area contributed by atoms with E-state index >= 15 is 0 Å². The highest BCUT2D eigenvalue weighted by Gasteiger charge is 2.19. The normalized spacial score (nSPS) is 14.5. The maximum absolute atomic E-state index is 13.0. The van der Waals surface area contributed by atoms with Gasteiger partial charge in [-0.2, -0.15) is 0 Å². The quantitative estimate of drug-likeness (QED) is 0.770. The van der Waals surface area contributed by atoms with Crippen molar-refractivity contribution in [2.75, 3.05) is 36.5 Å². The third kappa shape index (κ3) is 3.28. The van der Waals surface area contributed by atoms with E-state index in [9.17, 15) is 4.79 Å². The fourth-order valence-corrected chi connectivity index (χ4v) is 3.73. The summed E-state index contributed by atoms with van der Waals surface area (Å²) in [5.74, 6) is 0.807. The summed E-state index contributed by atoms with van der Waals surface area (Å²) >= 11 is 0. The van der Waals surface area contributed by atoms with Gasteiger partial charge in [-0.05, 0) is 37.6 Å². The second kappa shape index (κ2) is 7.40. The predicted octanol–water partition coefficient (Wildman–Crippen LogP) is 3.45. The van der Waals surface area contributed by atoms with Crippen LogP contribution in [0.3, 0.4) is 0 Å². The lowest BCUT2D eigenvalue weighted by atomic mass is 10.1. The Bertz CT molecular complexity index is 956. The maximum Gasteiger partial charge on any atom is 0.272 e. The van der Waals surface area contributed by atoms with E-state index in [0.29, 0.717) is 11.4 Å². The van der Waals surface area contributed by atoms with Crippen molar-refractivity contribution in [1.29, 1.82) is 0 Å². The molecule has 6 heteroatoms. The first kappa shape index (κ1) is 17.5. The van der Waals surface area contributed by atoms with Crippen molar-refractivity contribution in [1.82, 2.24) is 9.55 Å². The summed E-state index contributed by atoms with van der Waals surface area (Å²) in [5.41, 5.74) is 3.49. The van der Waals surface area contributed by atoms with Gasteiger partial charge < -0.3 is 19.5 Å². The molecule has 0 radical (unpaired) electrons. The molecule has 1 aliphatic heterocycles. The van der Waals surface area contributed by atoms with Crippen LogP contribution in [0.25, 0.3) is 10.9 Å². The number of carbonyl (C=O) groups is 1. The number of hydrogen-bond donors (Lipinski definition) is 1. The lowest BCUT2D eigenvalue weighted by Gasteiger charge is -2.27. The molecular formula is C21H24N4O2. The zero-order valence-electron chi connectivity index (χ0n) is 15.7. The van der Waals surface area contributed by atoms with E-state index in [4.69, 9.17) is 4.74 Å². The summed E-state index contributed by atoms with van der Waals surface area (Å²) in [6.45, 7) is 7.93. The van der Waals surface area contributed by atoms with Crippen LogP contribution in [0, 0.1) is 6.92 Å². The van der Waals surface area contributed by atoms with E-state index in [1.807, 2.05) is 31.2 Å². The molecule has 27 heavy (non-hydrogen) atoms. The lowest BCUT2D eigenvalue weighted by molar-refractivity contribution is 0.101. The number of nitrogens with one attached hydrogen (secondary N) is 1. The minimum absolute atomic E-state index is 0.105. The molecule has 4 rings (SSSR count). The summed E-state index contributed by atoms with van der Waals surface area (Å²) < 4.78 is 7.44. The minimum Gasteiger partial charge on any atom is -0.378 e. The van der Waals surface area contributed by atoms with E-state index in [0.717, 1.165) is 55.1 Å². The predicted molar refractivity (Wildman–Crippen MR) is 108 cm³/mol. The zero-order valence-corrected chi connectivity index (χ0v) is 15.7. The third-order valence-electron chi connectivity index (χ3n) is 5.10. The topological polar surface area (TPSA) is 59.4 Å². The Balaban J connectivity index is 1.57. The van der Waals surface area contributed by atoms with Crippen LogP contribution in [0.1, 0.15) is 23.0 Å². The van der Waals surface area contributed by atoms with Crippen LogP contribution in [0.4, 0.5) is 11.5 Å². The molecule has 1 amide bonds. The second-order valence-electron chi connectivity index (χ2n) is 6.69. The van der Waals surface area contributed by atoms with E-state index in [2.05, 4.69) is 38.8 Å². The fraction of sp³-hybridized carbons (Fsp3) is 0.333. The number of aromatic nitrogens is 2. The molecule has 0 unspecified atom stereocenters. The van der Waals surface area contributed by atoms with Crippen LogP contribution < -0.4 is 10.2 Å². The smallest absolute Gasteiger partial charge is 0.272 e. The van der Waals surface area contributed by atoms with Crippen molar-refractivity contribution in [2.45, 2.75) is 20.4 Å². The average molecular weight is 364 g/mol. The monoisotopic (exact) mass is 364 g/mol. The first-order valence-electron chi connectivity index (χ1n) is 9.37. The molecule has 1 saturated heterocycles. The molecule has 3 heterocycles. The van der Waals surface area contributed by atoms with E-state index in [1.54, 1.807) is 6.20 Å². The maximum atomic E-state index is 13.0. The van der Waals surface area contributed by atoms with Crippen LogP contribution in [0.5, 0.6) is 0 Å². The van der Waals surface area contributed by atoms with Crippen LogP contribution >= 0.6 is 0 Å². The number of morpholine rings is 1. The first-order chi connectivity index (χ1) is 13.2. The van der Waals surface area contributed by atoms with Gasteiger partial charge in [0.2, 0.25) is 0 Å². The molecule has 0 spiro atoms. The van der Waals surface area contributed by atoms with Gasteiger partial charge in [0.1, 0.15) is 11.5 Å². The van der Waals surface area contributed by atoms with Crippen molar-refractivity contribution in [3.05, 3.63) is 53.9 Å². The summed E-state index contributed by atoms with van der Waals surface area (Å²) in [6.07, 6.45) is 1.72. The Morgan fingerprint density at radius 1 is 1.19 bits per heavy atom. The second-order valence-corrected chi connectivity index (χ2v) is 6.69. The van der Waals surface area contributed by atoms with Crippen LogP contribution in [-0.2, 0) is 11.3 Å². The third-order valence-corrected chi connectivity index (χ3v) is 5.10. The van der Waals surface area contributed by atoms with Gasteiger partial charge >= 0.3 is 0 Å². The summed E-state index contributed by atoms with van der Waals surface area (Å²) in [7, 11) is 0. The molecule has 1 aliphatic rings. The Kier molecular flexibility index (Phi) is 4.81. The van der Waals surface area contributed by atoms with Crippen molar-refractivity contribution in [3.8, 4) is 0 Å². The first-order valence-corrected chi connectivity index (χ1v) is 9.37. The Morgan fingerprint density at radius 3 is 2.67 bits per heavy atom. The number of anilines is 2. The van der Waals surface area contributed by atoms with Gasteiger partial charge in [-0.15, -0.1) is 0 Å². The summed E-state index contributed by atoms with van der Waals surface area (Å²) in [4.78, 5) is 19.7. The van der Waals surface area contributed by atoms with Gasteiger partial charge in [-0.1, -0.05) is 18.2 Å². The van der Waals surface area contributed by atoms with Gasteiger partial charge in [0.05, 0.1) is 25.1 Å². The van der Waals surface area contributed by atoms with E-state index in [1.165, 1.54) is 0 Å². The van der Waals surface area contributed by atoms with Crippen molar-refractivity contribution >= 4 is 28.3 Å². The largest absolute Gasteiger partial charge is 0.378 e. The molecule has 2 aromatic heterocycles. The highest BCUT2D eigenvalue weighted by Crippen LogP contribution is 2.26.